The number of carbonyl (C=O) groups is 1. The van der Waals surface area contributed by atoms with Crippen molar-refractivity contribution in [3.63, 3.8) is 0 Å². The van der Waals surface area contributed by atoms with Gasteiger partial charge in [0.25, 0.3) is 5.91 Å². The Morgan fingerprint density at radius 1 is 1.29 bits per heavy atom. The maximum absolute atomic E-state index is 12.0. The molecule has 5 heteroatoms. The molecule has 1 unspecified atom stereocenters. The number of aryl methyl sites for hydroxylation is 2. The molecule has 1 heterocycles. The van der Waals surface area contributed by atoms with Crippen LogP contribution in [0.25, 0.3) is 0 Å². The Balaban J connectivity index is 1.87. The summed E-state index contributed by atoms with van der Waals surface area (Å²) in [6.45, 7) is 5.02. The van der Waals surface area contributed by atoms with E-state index < -0.39 is 0 Å². The van der Waals surface area contributed by atoms with E-state index in [9.17, 15) is 4.79 Å². The quantitative estimate of drug-likeness (QED) is 0.868. The number of halogens is 1. The van der Waals surface area contributed by atoms with Crippen molar-refractivity contribution in [2.24, 2.45) is 0 Å². The number of rotatable bonds is 5. The molecule has 1 amide bonds. The lowest BCUT2D eigenvalue weighted by Gasteiger charge is -2.13. The summed E-state index contributed by atoms with van der Waals surface area (Å²) in [5, 5.41) is 2.91. The van der Waals surface area contributed by atoms with Gasteiger partial charge in [-0.15, -0.1) is 0 Å². The number of furan rings is 1. The number of carbonyl (C=O) groups excluding carboxylic acids is 1. The average molecular weight is 352 g/mol. The highest BCUT2D eigenvalue weighted by molar-refractivity contribution is 9.10. The molecule has 0 aliphatic heterocycles. The van der Waals surface area contributed by atoms with Gasteiger partial charge in [0, 0.05) is 10.2 Å². The van der Waals surface area contributed by atoms with Crippen molar-refractivity contribution in [2.75, 3.05) is 18.9 Å². The zero-order valence-electron chi connectivity index (χ0n) is 12.5. The van der Waals surface area contributed by atoms with E-state index in [4.69, 9.17) is 4.42 Å². The molecule has 2 aromatic rings. The smallest absolute Gasteiger partial charge is 0.279 e. The minimum Gasteiger partial charge on any atom is -0.460 e. The summed E-state index contributed by atoms with van der Waals surface area (Å²) in [6, 6.07) is 9.68. The van der Waals surface area contributed by atoms with Crippen molar-refractivity contribution in [1.29, 1.82) is 0 Å². The molecule has 1 atom stereocenters. The van der Waals surface area contributed by atoms with E-state index in [1.54, 1.807) is 0 Å². The lowest BCUT2D eigenvalue weighted by molar-refractivity contribution is -0.886. The number of likely N-dealkylation sites (N-methyl/N-ethyl adjacent to an activating group) is 1. The predicted molar refractivity (Wildman–Crippen MR) is 86.4 cm³/mol. The number of anilines is 1. The zero-order valence-corrected chi connectivity index (χ0v) is 14.1. The molecule has 1 aromatic carbocycles. The highest BCUT2D eigenvalue weighted by Crippen LogP contribution is 2.20. The van der Waals surface area contributed by atoms with Crippen molar-refractivity contribution < 1.29 is 14.1 Å². The first-order valence-corrected chi connectivity index (χ1v) is 7.66. The molecule has 21 heavy (non-hydrogen) atoms. The molecular weight excluding hydrogens is 332 g/mol. The average Bonchev–Trinajstić information content (AvgIpc) is 2.79. The minimum atomic E-state index is -0.00784. The van der Waals surface area contributed by atoms with E-state index in [1.165, 1.54) is 0 Å². The first kappa shape index (κ1) is 15.8. The van der Waals surface area contributed by atoms with Gasteiger partial charge in [-0.05, 0) is 43.7 Å². The van der Waals surface area contributed by atoms with Gasteiger partial charge in [-0.1, -0.05) is 22.0 Å². The lowest BCUT2D eigenvalue weighted by Crippen LogP contribution is -3.08. The fourth-order valence-electron chi connectivity index (χ4n) is 2.09. The van der Waals surface area contributed by atoms with Crippen LogP contribution in [0.2, 0.25) is 0 Å². The molecule has 0 fully saturated rings. The Bertz CT molecular complexity index is 637. The third kappa shape index (κ3) is 4.72. The van der Waals surface area contributed by atoms with Gasteiger partial charge in [-0.25, -0.2) is 0 Å². The van der Waals surface area contributed by atoms with Crippen LogP contribution in [-0.2, 0) is 11.3 Å². The van der Waals surface area contributed by atoms with Crippen molar-refractivity contribution in [3.05, 3.63) is 51.9 Å². The second kappa shape index (κ2) is 6.91. The maximum Gasteiger partial charge on any atom is 0.279 e. The van der Waals surface area contributed by atoms with E-state index in [2.05, 4.69) is 21.2 Å². The van der Waals surface area contributed by atoms with Crippen LogP contribution in [0.5, 0.6) is 0 Å². The van der Waals surface area contributed by atoms with Gasteiger partial charge in [0.05, 0.1) is 7.05 Å². The van der Waals surface area contributed by atoms with E-state index in [1.807, 2.05) is 51.2 Å². The summed E-state index contributed by atoms with van der Waals surface area (Å²) in [4.78, 5) is 13.1. The van der Waals surface area contributed by atoms with Gasteiger partial charge in [0.15, 0.2) is 12.3 Å². The highest BCUT2D eigenvalue weighted by Gasteiger charge is 2.13. The lowest BCUT2D eigenvalue weighted by atomic mass is 10.2. The number of quaternary nitrogens is 1. The van der Waals surface area contributed by atoms with Crippen molar-refractivity contribution in [2.45, 2.75) is 20.4 Å². The first-order valence-electron chi connectivity index (χ1n) is 6.86. The van der Waals surface area contributed by atoms with E-state index >= 15 is 0 Å². The molecule has 0 aliphatic carbocycles. The fourth-order valence-corrected chi connectivity index (χ4v) is 2.47. The number of nitrogens with one attached hydrogen (secondary N) is 2. The van der Waals surface area contributed by atoms with Gasteiger partial charge in [-0.2, -0.15) is 0 Å². The van der Waals surface area contributed by atoms with Crippen LogP contribution < -0.4 is 10.2 Å². The normalized spacial score (nSPS) is 12.2. The molecule has 112 valence electrons. The number of hydrogen-bond acceptors (Lipinski definition) is 2. The summed E-state index contributed by atoms with van der Waals surface area (Å²) in [5.41, 5.74) is 1.95. The number of benzene rings is 1. The Morgan fingerprint density at radius 2 is 2.05 bits per heavy atom. The van der Waals surface area contributed by atoms with E-state index in [-0.39, 0.29) is 5.91 Å². The highest BCUT2D eigenvalue weighted by atomic mass is 79.9. The second-order valence-electron chi connectivity index (χ2n) is 5.34. The number of amides is 1. The van der Waals surface area contributed by atoms with E-state index in [0.717, 1.165) is 32.1 Å². The van der Waals surface area contributed by atoms with Crippen LogP contribution in [0.3, 0.4) is 0 Å². The second-order valence-corrected chi connectivity index (χ2v) is 6.19. The fraction of sp³-hybridized carbons (Fsp3) is 0.312. The van der Waals surface area contributed by atoms with Gasteiger partial charge in [0.1, 0.15) is 12.3 Å². The molecule has 4 nitrogen and oxygen atoms in total. The molecular formula is C16H20BrN2O2+. The third-order valence-electron chi connectivity index (χ3n) is 3.19. The molecule has 2 N–H and O–H groups in total. The van der Waals surface area contributed by atoms with Crippen LogP contribution in [-0.4, -0.2) is 19.5 Å². The molecule has 0 aliphatic rings. The topological polar surface area (TPSA) is 46.7 Å². The minimum absolute atomic E-state index is 0.00784. The van der Waals surface area contributed by atoms with Gasteiger partial charge < -0.3 is 14.6 Å². The van der Waals surface area contributed by atoms with Crippen LogP contribution in [0.1, 0.15) is 17.1 Å². The van der Waals surface area contributed by atoms with E-state index in [0.29, 0.717) is 13.1 Å². The molecule has 0 bridgehead atoms. The predicted octanol–water partition coefficient (Wildman–Crippen LogP) is 2.31. The maximum atomic E-state index is 12.0. The third-order valence-corrected chi connectivity index (χ3v) is 4.04. The zero-order chi connectivity index (χ0) is 15.4. The van der Waals surface area contributed by atoms with Crippen LogP contribution in [0.15, 0.2) is 39.2 Å². The van der Waals surface area contributed by atoms with Gasteiger partial charge in [-0.3, -0.25) is 4.79 Å². The van der Waals surface area contributed by atoms with Crippen LogP contribution in [0.4, 0.5) is 5.69 Å². The summed E-state index contributed by atoms with van der Waals surface area (Å²) in [5.74, 6) is 1.79. The Morgan fingerprint density at radius 3 is 2.67 bits per heavy atom. The molecule has 0 radical (unpaired) electrons. The first-order chi connectivity index (χ1) is 9.94. The molecule has 1 aromatic heterocycles. The SMILES string of the molecule is Cc1ccc(C[NH+](C)CC(=O)Nc2ccc(C)c(Br)c2)o1. The van der Waals surface area contributed by atoms with Crippen molar-refractivity contribution in [1.82, 2.24) is 0 Å². The number of hydrogen-bond donors (Lipinski definition) is 2. The molecule has 2 rings (SSSR count). The summed E-state index contributed by atoms with van der Waals surface area (Å²) in [7, 11) is 1.97. The monoisotopic (exact) mass is 351 g/mol. The summed E-state index contributed by atoms with van der Waals surface area (Å²) < 4.78 is 6.52. The Hall–Kier alpha value is -1.59. The summed E-state index contributed by atoms with van der Waals surface area (Å²) >= 11 is 3.46. The molecule has 0 saturated carbocycles. The standard InChI is InChI=1S/C16H19BrN2O2/c1-11-4-6-13(8-15(11)17)18-16(20)10-19(3)9-14-7-5-12(2)21-14/h4-8H,9-10H2,1-3H3,(H,18,20)/p+1. The van der Waals surface area contributed by atoms with Gasteiger partial charge >= 0.3 is 0 Å². The van der Waals surface area contributed by atoms with Crippen LogP contribution in [0, 0.1) is 13.8 Å². The van der Waals surface area contributed by atoms with Crippen molar-refractivity contribution >= 4 is 27.5 Å². The molecule has 0 spiro atoms. The van der Waals surface area contributed by atoms with Crippen molar-refractivity contribution in [3.8, 4) is 0 Å². The van der Waals surface area contributed by atoms with Crippen LogP contribution >= 0.6 is 15.9 Å². The molecule has 0 saturated heterocycles. The Labute approximate surface area is 133 Å². The van der Waals surface area contributed by atoms with Gasteiger partial charge in [0.2, 0.25) is 0 Å². The Kier molecular flexibility index (Phi) is 5.20. The summed E-state index contributed by atoms with van der Waals surface area (Å²) in [6.07, 6.45) is 0. The largest absolute Gasteiger partial charge is 0.460 e.